The Bertz CT molecular complexity index is 318. The molecule has 1 rings (SSSR count). The van der Waals surface area contributed by atoms with E-state index in [1.807, 2.05) is 30.3 Å². The minimum absolute atomic E-state index is 0.557. The van der Waals surface area contributed by atoms with Gasteiger partial charge in [-0.15, -0.1) is 0 Å². The van der Waals surface area contributed by atoms with Gasteiger partial charge in [-0.1, -0.05) is 18.2 Å². The van der Waals surface area contributed by atoms with E-state index < -0.39 is 6.10 Å². The van der Waals surface area contributed by atoms with Crippen LogP contribution in [0, 0.1) is 11.3 Å². The first-order valence-electron chi connectivity index (χ1n) is 5.58. The third-order valence-corrected chi connectivity index (χ3v) is 2.28. The first-order valence-corrected chi connectivity index (χ1v) is 5.58. The Morgan fingerprint density at radius 2 is 1.94 bits per heavy atom. The summed E-state index contributed by atoms with van der Waals surface area (Å²) < 4.78 is 5.51. The van der Waals surface area contributed by atoms with Crippen molar-refractivity contribution < 1.29 is 9.84 Å². The van der Waals surface area contributed by atoms with Crippen LogP contribution >= 0.6 is 0 Å². The van der Waals surface area contributed by atoms with E-state index in [0.29, 0.717) is 13.0 Å². The molecule has 0 saturated heterocycles. The minimum Gasteiger partial charge on any atom is -0.494 e. The largest absolute Gasteiger partial charge is 0.494 e. The molecule has 0 radical (unpaired) electrons. The molecule has 0 saturated carbocycles. The van der Waals surface area contributed by atoms with E-state index in [4.69, 9.17) is 15.1 Å². The number of unbranched alkanes of at least 4 members (excludes halogenated alkanes) is 2. The zero-order valence-corrected chi connectivity index (χ0v) is 9.30. The molecule has 1 atom stereocenters. The van der Waals surface area contributed by atoms with Crippen LogP contribution in [0.15, 0.2) is 30.3 Å². The van der Waals surface area contributed by atoms with Gasteiger partial charge in [0.05, 0.1) is 12.7 Å². The molecule has 86 valence electrons. The van der Waals surface area contributed by atoms with E-state index in [0.717, 1.165) is 25.0 Å². The maximum Gasteiger partial charge on any atom is 0.140 e. The Morgan fingerprint density at radius 1 is 1.19 bits per heavy atom. The lowest BCUT2D eigenvalue weighted by molar-refractivity contribution is 0.213. The predicted octanol–water partition coefficient (Wildman–Crippen LogP) is 2.51. The highest BCUT2D eigenvalue weighted by atomic mass is 16.5. The number of ether oxygens (including phenoxy) is 1. The summed E-state index contributed by atoms with van der Waals surface area (Å²) in [6, 6.07) is 11.5. The quantitative estimate of drug-likeness (QED) is 0.566. The Hall–Kier alpha value is -1.53. The van der Waals surface area contributed by atoms with Gasteiger partial charge in [-0.25, -0.2) is 0 Å². The van der Waals surface area contributed by atoms with Crippen LogP contribution < -0.4 is 4.74 Å². The highest BCUT2D eigenvalue weighted by Crippen LogP contribution is 2.10. The SMILES string of the molecule is N#CC(O)CCCCCOc1ccccc1. The number of aliphatic hydroxyl groups is 1. The molecule has 3 nitrogen and oxygen atoms in total. The number of rotatable bonds is 7. The minimum atomic E-state index is -0.810. The van der Waals surface area contributed by atoms with Crippen molar-refractivity contribution in [3.8, 4) is 11.8 Å². The molecule has 0 aliphatic heterocycles. The summed E-state index contributed by atoms with van der Waals surface area (Å²) in [4.78, 5) is 0. The van der Waals surface area contributed by atoms with Crippen LogP contribution in [0.25, 0.3) is 0 Å². The third-order valence-electron chi connectivity index (χ3n) is 2.28. The lowest BCUT2D eigenvalue weighted by Gasteiger charge is -2.05. The fourth-order valence-electron chi connectivity index (χ4n) is 1.39. The van der Waals surface area contributed by atoms with Gasteiger partial charge < -0.3 is 9.84 Å². The second-order valence-electron chi connectivity index (χ2n) is 3.66. The fourth-order valence-corrected chi connectivity index (χ4v) is 1.39. The van der Waals surface area contributed by atoms with Gasteiger partial charge in [-0.3, -0.25) is 0 Å². The van der Waals surface area contributed by atoms with E-state index >= 15 is 0 Å². The Labute approximate surface area is 96.3 Å². The number of nitriles is 1. The maximum absolute atomic E-state index is 9.00. The molecule has 0 aromatic heterocycles. The van der Waals surface area contributed by atoms with Crippen LogP contribution in [0.5, 0.6) is 5.75 Å². The molecule has 1 N–H and O–H groups in total. The number of hydrogen-bond acceptors (Lipinski definition) is 3. The van der Waals surface area contributed by atoms with Crippen molar-refractivity contribution in [3.63, 3.8) is 0 Å². The lowest BCUT2D eigenvalue weighted by Crippen LogP contribution is -2.02. The average molecular weight is 219 g/mol. The van der Waals surface area contributed by atoms with Crippen molar-refractivity contribution in [2.45, 2.75) is 31.8 Å². The van der Waals surface area contributed by atoms with Crippen molar-refractivity contribution >= 4 is 0 Å². The predicted molar refractivity (Wildman–Crippen MR) is 62.0 cm³/mol. The molecule has 0 heterocycles. The first kappa shape index (κ1) is 12.5. The highest BCUT2D eigenvalue weighted by molar-refractivity contribution is 5.20. The normalized spacial score (nSPS) is 11.8. The van der Waals surface area contributed by atoms with Crippen molar-refractivity contribution in [1.82, 2.24) is 0 Å². The van der Waals surface area contributed by atoms with Crippen LogP contribution in [-0.2, 0) is 0 Å². The number of hydrogen-bond donors (Lipinski definition) is 1. The summed E-state index contributed by atoms with van der Waals surface area (Å²) >= 11 is 0. The summed E-state index contributed by atoms with van der Waals surface area (Å²) in [5, 5.41) is 17.4. The van der Waals surface area contributed by atoms with Crippen LogP contribution in [0.3, 0.4) is 0 Å². The highest BCUT2D eigenvalue weighted by Gasteiger charge is 2.00. The molecule has 1 aromatic carbocycles. The lowest BCUT2D eigenvalue weighted by atomic mass is 10.1. The Morgan fingerprint density at radius 3 is 2.62 bits per heavy atom. The van der Waals surface area contributed by atoms with E-state index in [-0.39, 0.29) is 0 Å². The smallest absolute Gasteiger partial charge is 0.140 e. The zero-order chi connectivity index (χ0) is 11.6. The van der Waals surface area contributed by atoms with Gasteiger partial charge in [0.25, 0.3) is 0 Å². The molecule has 0 amide bonds. The molecule has 0 aliphatic rings. The van der Waals surface area contributed by atoms with E-state index in [1.165, 1.54) is 0 Å². The third kappa shape index (κ3) is 5.38. The molecule has 0 bridgehead atoms. The Kier molecular flexibility index (Phi) is 6.05. The van der Waals surface area contributed by atoms with Crippen LogP contribution in [0.4, 0.5) is 0 Å². The van der Waals surface area contributed by atoms with Crippen LogP contribution in [-0.4, -0.2) is 17.8 Å². The van der Waals surface area contributed by atoms with Gasteiger partial charge in [-0.2, -0.15) is 5.26 Å². The second-order valence-corrected chi connectivity index (χ2v) is 3.66. The summed E-state index contributed by atoms with van der Waals surface area (Å²) in [5.41, 5.74) is 0. The van der Waals surface area contributed by atoms with Gasteiger partial charge in [0.1, 0.15) is 11.9 Å². The van der Waals surface area contributed by atoms with Gasteiger partial charge in [0, 0.05) is 0 Å². The fraction of sp³-hybridized carbons (Fsp3) is 0.462. The second kappa shape index (κ2) is 7.72. The average Bonchev–Trinajstić information content (AvgIpc) is 2.34. The summed E-state index contributed by atoms with van der Waals surface area (Å²) in [7, 11) is 0. The molecule has 1 aromatic rings. The van der Waals surface area contributed by atoms with Crippen molar-refractivity contribution in [2.24, 2.45) is 0 Å². The maximum atomic E-state index is 9.00. The van der Waals surface area contributed by atoms with E-state index in [2.05, 4.69) is 0 Å². The molecule has 16 heavy (non-hydrogen) atoms. The monoisotopic (exact) mass is 219 g/mol. The van der Waals surface area contributed by atoms with Gasteiger partial charge >= 0.3 is 0 Å². The summed E-state index contributed by atoms with van der Waals surface area (Å²) in [6.45, 7) is 0.687. The molecule has 1 unspecified atom stereocenters. The van der Waals surface area contributed by atoms with Gasteiger partial charge in [0.15, 0.2) is 0 Å². The molecular formula is C13H17NO2. The van der Waals surface area contributed by atoms with Gasteiger partial charge in [0.2, 0.25) is 0 Å². The number of para-hydroxylation sites is 1. The summed E-state index contributed by atoms with van der Waals surface area (Å²) in [6.07, 6.45) is 2.54. The van der Waals surface area contributed by atoms with Crippen LogP contribution in [0.2, 0.25) is 0 Å². The molecule has 0 fully saturated rings. The standard InChI is InChI=1S/C13H17NO2/c14-11-12(15)7-3-2-6-10-16-13-8-4-1-5-9-13/h1,4-5,8-9,12,15H,2-3,6-7,10H2. The molecule has 0 spiro atoms. The van der Waals surface area contributed by atoms with Crippen molar-refractivity contribution in [2.75, 3.05) is 6.61 Å². The van der Waals surface area contributed by atoms with Gasteiger partial charge in [-0.05, 0) is 37.8 Å². The Balaban J connectivity index is 1.99. The molecular weight excluding hydrogens is 202 g/mol. The van der Waals surface area contributed by atoms with E-state index in [9.17, 15) is 0 Å². The number of benzene rings is 1. The summed E-state index contributed by atoms with van der Waals surface area (Å²) in [5.74, 6) is 0.888. The first-order chi connectivity index (χ1) is 7.83. The van der Waals surface area contributed by atoms with Crippen LogP contribution in [0.1, 0.15) is 25.7 Å². The van der Waals surface area contributed by atoms with Crippen molar-refractivity contribution in [1.29, 1.82) is 5.26 Å². The number of nitrogens with zero attached hydrogens (tertiary/aromatic N) is 1. The molecule has 0 aliphatic carbocycles. The van der Waals surface area contributed by atoms with E-state index in [1.54, 1.807) is 6.07 Å². The zero-order valence-electron chi connectivity index (χ0n) is 9.30. The topological polar surface area (TPSA) is 53.2 Å². The van der Waals surface area contributed by atoms with Crippen molar-refractivity contribution in [3.05, 3.63) is 30.3 Å². The number of aliphatic hydroxyl groups excluding tert-OH is 1. The molecule has 3 heteroatoms.